The Morgan fingerprint density at radius 3 is 3.08 bits per heavy atom. The predicted octanol–water partition coefficient (Wildman–Crippen LogP) is 2.11. The van der Waals surface area contributed by atoms with Crippen LogP contribution in [-0.4, -0.2) is 16.0 Å². The molecule has 0 saturated carbocycles. The molecule has 0 fully saturated rings. The molecule has 0 amide bonds. The van der Waals surface area contributed by atoms with E-state index in [0.717, 1.165) is 0 Å². The summed E-state index contributed by atoms with van der Waals surface area (Å²) >= 11 is 5.52. The summed E-state index contributed by atoms with van der Waals surface area (Å²) in [7, 11) is 0. The van der Waals surface area contributed by atoms with Crippen LogP contribution in [0.2, 0.25) is 0 Å². The highest BCUT2D eigenvalue weighted by atomic mass is 35.5. The zero-order valence-corrected chi connectivity index (χ0v) is 7.49. The first-order valence-corrected chi connectivity index (χ1v) is 4.36. The number of alkyl halides is 1. The molecule has 2 rings (SSSR count). The van der Waals surface area contributed by atoms with E-state index in [1.807, 2.05) is 0 Å². The maximum Gasteiger partial charge on any atom is 0.238 e. The number of halogens is 1. The molecule has 0 saturated heterocycles. The van der Waals surface area contributed by atoms with Gasteiger partial charge in [0.15, 0.2) is 5.76 Å². The molecule has 0 atom stereocenters. The molecule has 0 aliphatic heterocycles. The van der Waals surface area contributed by atoms with Crippen LogP contribution in [0.1, 0.15) is 5.89 Å². The minimum absolute atomic E-state index is 0.463. The molecule has 2 aromatic heterocycles. The quantitative estimate of drug-likeness (QED) is 0.709. The van der Waals surface area contributed by atoms with Crippen LogP contribution in [0, 0.1) is 0 Å². The highest BCUT2D eigenvalue weighted by Crippen LogP contribution is 2.15. The number of hydrogen-bond acceptors (Lipinski definition) is 4. The van der Waals surface area contributed by atoms with Crippen LogP contribution in [0.4, 0.5) is 0 Å². The van der Waals surface area contributed by atoms with Gasteiger partial charge in [-0.05, 0) is 12.1 Å². The van der Waals surface area contributed by atoms with Gasteiger partial charge in [0.05, 0.1) is 6.26 Å². The highest BCUT2D eigenvalue weighted by Gasteiger charge is 2.09. The lowest BCUT2D eigenvalue weighted by Gasteiger charge is -1.83. The van der Waals surface area contributed by atoms with Gasteiger partial charge in [0.1, 0.15) is 0 Å². The topological polar surface area (TPSA) is 52.1 Å². The van der Waals surface area contributed by atoms with Crippen molar-refractivity contribution < 1.29 is 8.94 Å². The zero-order valence-electron chi connectivity index (χ0n) is 6.74. The molecule has 5 heteroatoms. The first-order valence-electron chi connectivity index (χ1n) is 3.82. The van der Waals surface area contributed by atoms with E-state index < -0.39 is 0 Å². The predicted molar refractivity (Wildman–Crippen MR) is 46.4 cm³/mol. The Kier molecular flexibility index (Phi) is 2.31. The number of aromatic nitrogens is 2. The minimum Gasteiger partial charge on any atom is -0.461 e. The average Bonchev–Trinajstić information content (AvgIpc) is 2.70. The third-order valence-electron chi connectivity index (χ3n) is 1.52. The van der Waals surface area contributed by atoms with Gasteiger partial charge in [0.25, 0.3) is 0 Å². The standard InChI is InChI=1S/C8H7ClN2O2/c9-4-3-7-10-8(11-13-7)6-2-1-5-12-6/h1-2,5H,3-4H2. The lowest BCUT2D eigenvalue weighted by Crippen LogP contribution is -1.85. The van der Waals surface area contributed by atoms with Crippen molar-refractivity contribution in [2.45, 2.75) is 6.42 Å². The monoisotopic (exact) mass is 198 g/mol. The first-order chi connectivity index (χ1) is 6.40. The van der Waals surface area contributed by atoms with Crippen molar-refractivity contribution in [3.8, 4) is 11.6 Å². The molecule has 0 aliphatic rings. The first kappa shape index (κ1) is 8.31. The van der Waals surface area contributed by atoms with Gasteiger partial charge >= 0.3 is 0 Å². The summed E-state index contributed by atoms with van der Waals surface area (Å²) in [6.07, 6.45) is 2.14. The molecular formula is C8H7ClN2O2. The zero-order chi connectivity index (χ0) is 9.10. The van der Waals surface area contributed by atoms with Gasteiger partial charge in [-0.3, -0.25) is 0 Å². The van der Waals surface area contributed by atoms with E-state index >= 15 is 0 Å². The van der Waals surface area contributed by atoms with E-state index in [2.05, 4.69) is 10.1 Å². The summed E-state index contributed by atoms with van der Waals surface area (Å²) in [6, 6.07) is 3.54. The Morgan fingerprint density at radius 2 is 2.38 bits per heavy atom. The number of rotatable bonds is 3. The molecule has 2 aromatic rings. The van der Waals surface area contributed by atoms with Crippen molar-refractivity contribution in [1.29, 1.82) is 0 Å². The summed E-state index contributed by atoms with van der Waals surface area (Å²) < 4.78 is 10.0. The van der Waals surface area contributed by atoms with Crippen LogP contribution in [0.3, 0.4) is 0 Å². The summed E-state index contributed by atoms with van der Waals surface area (Å²) in [5, 5.41) is 3.74. The average molecular weight is 199 g/mol. The van der Waals surface area contributed by atoms with Crippen LogP contribution in [0.15, 0.2) is 27.3 Å². The Bertz CT molecular complexity index is 369. The van der Waals surface area contributed by atoms with Crippen LogP contribution >= 0.6 is 11.6 Å². The van der Waals surface area contributed by atoms with Crippen molar-refractivity contribution in [2.24, 2.45) is 0 Å². The fraction of sp³-hybridized carbons (Fsp3) is 0.250. The molecule has 0 N–H and O–H groups in total. The van der Waals surface area contributed by atoms with Crippen LogP contribution < -0.4 is 0 Å². The van der Waals surface area contributed by atoms with Crippen molar-refractivity contribution in [3.63, 3.8) is 0 Å². The fourth-order valence-corrected chi connectivity index (χ4v) is 1.10. The van der Waals surface area contributed by atoms with Gasteiger partial charge < -0.3 is 8.94 Å². The molecule has 4 nitrogen and oxygen atoms in total. The molecular weight excluding hydrogens is 192 g/mol. The highest BCUT2D eigenvalue weighted by molar-refractivity contribution is 6.17. The van der Waals surface area contributed by atoms with E-state index in [1.165, 1.54) is 0 Å². The van der Waals surface area contributed by atoms with Crippen molar-refractivity contribution in [3.05, 3.63) is 24.3 Å². The molecule has 0 aliphatic carbocycles. The number of aryl methyl sites for hydroxylation is 1. The molecule has 0 bridgehead atoms. The maximum absolute atomic E-state index is 5.52. The van der Waals surface area contributed by atoms with E-state index in [9.17, 15) is 0 Å². The van der Waals surface area contributed by atoms with Crippen molar-refractivity contribution in [2.75, 3.05) is 5.88 Å². The maximum atomic E-state index is 5.52. The van der Waals surface area contributed by atoms with Crippen LogP contribution in [-0.2, 0) is 6.42 Å². The summed E-state index contributed by atoms with van der Waals surface area (Å²) in [5.41, 5.74) is 0. The number of furan rings is 1. The Hall–Kier alpha value is -1.29. The normalized spacial score (nSPS) is 10.5. The third kappa shape index (κ3) is 1.72. The van der Waals surface area contributed by atoms with E-state index in [-0.39, 0.29) is 0 Å². The van der Waals surface area contributed by atoms with Gasteiger partial charge in [-0.15, -0.1) is 11.6 Å². The molecule has 2 heterocycles. The van der Waals surface area contributed by atoms with Gasteiger partial charge in [-0.1, -0.05) is 5.16 Å². The van der Waals surface area contributed by atoms with Gasteiger partial charge in [-0.2, -0.15) is 4.98 Å². The Balaban J connectivity index is 2.23. The van der Waals surface area contributed by atoms with Crippen molar-refractivity contribution in [1.82, 2.24) is 10.1 Å². The van der Waals surface area contributed by atoms with Gasteiger partial charge in [0.2, 0.25) is 11.7 Å². The summed E-state index contributed by atoms with van der Waals surface area (Å²) in [4.78, 5) is 4.09. The van der Waals surface area contributed by atoms with Crippen LogP contribution in [0.5, 0.6) is 0 Å². The molecule has 0 radical (unpaired) electrons. The second-order valence-electron chi connectivity index (χ2n) is 2.43. The molecule has 68 valence electrons. The summed E-state index contributed by atoms with van der Waals surface area (Å²) in [5.74, 6) is 2.07. The molecule has 0 spiro atoms. The fourth-order valence-electron chi connectivity index (χ4n) is 0.943. The second kappa shape index (κ2) is 3.62. The van der Waals surface area contributed by atoms with Crippen LogP contribution in [0.25, 0.3) is 11.6 Å². The molecule has 0 unspecified atom stereocenters. The lowest BCUT2D eigenvalue weighted by molar-refractivity contribution is 0.382. The summed E-state index contributed by atoms with van der Waals surface area (Å²) in [6.45, 7) is 0. The van der Waals surface area contributed by atoms with E-state index in [1.54, 1.807) is 18.4 Å². The Morgan fingerprint density at radius 1 is 1.46 bits per heavy atom. The second-order valence-corrected chi connectivity index (χ2v) is 2.81. The smallest absolute Gasteiger partial charge is 0.238 e. The van der Waals surface area contributed by atoms with Crippen molar-refractivity contribution >= 4 is 11.6 Å². The van der Waals surface area contributed by atoms with Gasteiger partial charge in [0, 0.05) is 12.3 Å². The van der Waals surface area contributed by atoms with E-state index in [4.69, 9.17) is 20.5 Å². The SMILES string of the molecule is ClCCc1nc(-c2ccco2)no1. The number of nitrogens with zero attached hydrogens (tertiary/aromatic N) is 2. The lowest BCUT2D eigenvalue weighted by atomic mass is 10.4. The Labute approximate surface area is 79.5 Å². The van der Waals surface area contributed by atoms with Gasteiger partial charge in [-0.25, -0.2) is 0 Å². The van der Waals surface area contributed by atoms with E-state index in [0.29, 0.717) is 29.8 Å². The third-order valence-corrected chi connectivity index (χ3v) is 1.71. The molecule has 13 heavy (non-hydrogen) atoms. The largest absolute Gasteiger partial charge is 0.461 e. The minimum atomic E-state index is 0.463. The number of hydrogen-bond donors (Lipinski definition) is 0. The molecule has 0 aromatic carbocycles.